The normalized spacial score (nSPS) is 23.3. The molecule has 2 aliphatic heterocycles. The van der Waals surface area contributed by atoms with Crippen molar-refractivity contribution in [3.8, 4) is 6.07 Å². The Bertz CT molecular complexity index is 840. The highest BCUT2D eigenvalue weighted by molar-refractivity contribution is 5.91. The second kappa shape index (κ2) is 7.30. The number of hydrogen-bond acceptors (Lipinski definition) is 5. The van der Waals surface area contributed by atoms with Gasteiger partial charge in [-0.25, -0.2) is 0 Å². The highest BCUT2D eigenvalue weighted by Crippen LogP contribution is 2.24. The molecule has 6 heteroatoms. The molecule has 0 spiro atoms. The molecule has 0 saturated carbocycles. The summed E-state index contributed by atoms with van der Waals surface area (Å²) in [6.07, 6.45) is 4.58. The molecule has 3 heterocycles. The summed E-state index contributed by atoms with van der Waals surface area (Å²) in [5.74, 6) is 0.0871. The third-order valence-electron chi connectivity index (χ3n) is 5.36. The predicted octanol–water partition coefficient (Wildman–Crippen LogP) is 2.24. The van der Waals surface area contributed by atoms with Crippen molar-refractivity contribution < 1.29 is 4.79 Å². The minimum atomic E-state index is -0.234. The summed E-state index contributed by atoms with van der Waals surface area (Å²) in [6, 6.07) is 12.5. The zero-order valence-corrected chi connectivity index (χ0v) is 14.8. The number of para-hydroxylation sites is 1. The number of rotatable bonds is 4. The number of carbonyl (C=O) groups is 1. The predicted molar refractivity (Wildman–Crippen MR) is 101 cm³/mol. The van der Waals surface area contributed by atoms with Crippen LogP contribution in [-0.2, 0) is 4.79 Å². The summed E-state index contributed by atoms with van der Waals surface area (Å²) in [6.45, 7) is 2.87. The molecular weight excluding hydrogens is 326 g/mol. The Labute approximate surface area is 153 Å². The average molecular weight is 349 g/mol. The number of anilines is 1. The molecule has 1 aromatic heterocycles. The number of amides is 1. The summed E-state index contributed by atoms with van der Waals surface area (Å²) in [7, 11) is 0. The van der Waals surface area contributed by atoms with E-state index in [0.29, 0.717) is 12.6 Å². The summed E-state index contributed by atoms with van der Waals surface area (Å²) in [5.41, 5.74) is 2.08. The van der Waals surface area contributed by atoms with Crippen molar-refractivity contribution >= 4 is 22.5 Å². The Kier molecular flexibility index (Phi) is 4.72. The Morgan fingerprint density at radius 2 is 2.15 bits per heavy atom. The van der Waals surface area contributed by atoms with Crippen LogP contribution in [0.5, 0.6) is 0 Å². The van der Waals surface area contributed by atoms with Crippen LogP contribution in [-0.4, -0.2) is 59.0 Å². The molecule has 2 atom stereocenters. The highest BCUT2D eigenvalue weighted by atomic mass is 16.2. The van der Waals surface area contributed by atoms with Gasteiger partial charge in [-0.1, -0.05) is 18.2 Å². The zero-order valence-electron chi connectivity index (χ0n) is 14.8. The van der Waals surface area contributed by atoms with E-state index in [1.807, 2.05) is 30.5 Å². The lowest BCUT2D eigenvalue weighted by Gasteiger charge is -2.23. The number of aromatic nitrogens is 1. The second-order valence-corrected chi connectivity index (χ2v) is 7.11. The third kappa shape index (κ3) is 3.35. The number of nitriles is 1. The van der Waals surface area contributed by atoms with Gasteiger partial charge in [0.15, 0.2) is 0 Å². The van der Waals surface area contributed by atoms with E-state index in [9.17, 15) is 4.79 Å². The molecular formula is C20H23N5O. The SMILES string of the molecule is N#CC1CCCN1C(=O)CN1CCC(Nc2ccnc3ccccc23)C1. The van der Waals surface area contributed by atoms with Crippen LogP contribution in [0, 0.1) is 11.3 Å². The number of likely N-dealkylation sites (tertiary alicyclic amines) is 2. The quantitative estimate of drug-likeness (QED) is 0.916. The Morgan fingerprint density at radius 3 is 3.04 bits per heavy atom. The van der Waals surface area contributed by atoms with Crippen LogP contribution < -0.4 is 5.32 Å². The Balaban J connectivity index is 1.37. The standard InChI is InChI=1S/C20H23N5O/c21-12-16-4-3-10-25(16)20(26)14-24-11-8-15(13-24)23-19-7-9-22-18-6-2-1-5-17(18)19/h1-2,5-7,9,15-16H,3-4,8,10-11,13-14H2,(H,22,23). The summed E-state index contributed by atoms with van der Waals surface area (Å²) >= 11 is 0. The molecule has 134 valence electrons. The maximum atomic E-state index is 12.5. The summed E-state index contributed by atoms with van der Waals surface area (Å²) < 4.78 is 0. The molecule has 0 bridgehead atoms. The fraction of sp³-hybridized carbons (Fsp3) is 0.450. The molecule has 2 fully saturated rings. The van der Waals surface area contributed by atoms with E-state index in [1.54, 1.807) is 4.90 Å². The van der Waals surface area contributed by atoms with Crippen molar-refractivity contribution in [2.24, 2.45) is 0 Å². The molecule has 4 rings (SSSR count). The van der Waals surface area contributed by atoms with E-state index in [-0.39, 0.29) is 11.9 Å². The van der Waals surface area contributed by atoms with Crippen LogP contribution >= 0.6 is 0 Å². The minimum absolute atomic E-state index is 0.0871. The maximum absolute atomic E-state index is 12.5. The Hall–Kier alpha value is -2.65. The number of benzene rings is 1. The van der Waals surface area contributed by atoms with Crippen molar-refractivity contribution in [2.75, 3.05) is 31.5 Å². The molecule has 0 aliphatic carbocycles. The molecule has 26 heavy (non-hydrogen) atoms. The lowest BCUT2D eigenvalue weighted by Crippen LogP contribution is -2.42. The topological polar surface area (TPSA) is 72.3 Å². The molecule has 1 N–H and O–H groups in total. The van der Waals surface area contributed by atoms with Gasteiger partial charge in [0, 0.05) is 42.9 Å². The molecule has 1 aromatic carbocycles. The van der Waals surface area contributed by atoms with Gasteiger partial charge >= 0.3 is 0 Å². The van der Waals surface area contributed by atoms with Crippen LogP contribution in [0.25, 0.3) is 10.9 Å². The van der Waals surface area contributed by atoms with E-state index < -0.39 is 0 Å². The van der Waals surface area contributed by atoms with Crippen molar-refractivity contribution in [1.29, 1.82) is 5.26 Å². The molecule has 6 nitrogen and oxygen atoms in total. The molecule has 2 aliphatic rings. The Morgan fingerprint density at radius 1 is 1.27 bits per heavy atom. The number of pyridine rings is 1. The van der Waals surface area contributed by atoms with Gasteiger partial charge in [-0.05, 0) is 31.4 Å². The molecule has 2 unspecified atom stereocenters. The van der Waals surface area contributed by atoms with Crippen LogP contribution in [0.3, 0.4) is 0 Å². The van der Waals surface area contributed by atoms with Crippen LogP contribution in [0.4, 0.5) is 5.69 Å². The first-order chi connectivity index (χ1) is 12.7. The van der Waals surface area contributed by atoms with Gasteiger partial charge in [0.25, 0.3) is 0 Å². The molecule has 1 amide bonds. The van der Waals surface area contributed by atoms with Gasteiger partial charge in [-0.3, -0.25) is 14.7 Å². The van der Waals surface area contributed by atoms with Crippen molar-refractivity contribution in [3.63, 3.8) is 0 Å². The zero-order chi connectivity index (χ0) is 17.9. The molecule has 2 saturated heterocycles. The summed E-state index contributed by atoms with van der Waals surface area (Å²) in [5, 5.41) is 13.9. The first-order valence-electron chi connectivity index (χ1n) is 9.26. The number of hydrogen-bond donors (Lipinski definition) is 1. The van der Waals surface area contributed by atoms with E-state index in [4.69, 9.17) is 5.26 Å². The van der Waals surface area contributed by atoms with Crippen LogP contribution in [0.15, 0.2) is 36.5 Å². The van der Waals surface area contributed by atoms with Gasteiger partial charge in [-0.2, -0.15) is 5.26 Å². The van der Waals surface area contributed by atoms with Gasteiger partial charge in [0.2, 0.25) is 5.91 Å². The first kappa shape index (κ1) is 16.8. The second-order valence-electron chi connectivity index (χ2n) is 7.11. The number of carbonyl (C=O) groups excluding carboxylic acids is 1. The smallest absolute Gasteiger partial charge is 0.237 e. The molecule has 0 radical (unpaired) electrons. The van der Waals surface area contributed by atoms with Gasteiger partial charge in [0.1, 0.15) is 6.04 Å². The van der Waals surface area contributed by atoms with Crippen molar-refractivity contribution in [1.82, 2.24) is 14.8 Å². The summed E-state index contributed by atoms with van der Waals surface area (Å²) in [4.78, 5) is 20.9. The van der Waals surface area contributed by atoms with Gasteiger partial charge in [0.05, 0.1) is 18.1 Å². The first-order valence-corrected chi connectivity index (χ1v) is 9.26. The largest absolute Gasteiger partial charge is 0.380 e. The maximum Gasteiger partial charge on any atom is 0.237 e. The van der Waals surface area contributed by atoms with E-state index >= 15 is 0 Å². The van der Waals surface area contributed by atoms with E-state index in [1.165, 1.54) is 0 Å². The van der Waals surface area contributed by atoms with E-state index in [0.717, 1.165) is 55.5 Å². The fourth-order valence-corrected chi connectivity index (χ4v) is 4.02. The average Bonchev–Trinajstić information content (AvgIpc) is 3.31. The van der Waals surface area contributed by atoms with Crippen molar-refractivity contribution in [3.05, 3.63) is 36.5 Å². The number of nitrogens with zero attached hydrogens (tertiary/aromatic N) is 4. The highest BCUT2D eigenvalue weighted by Gasteiger charge is 2.31. The number of nitrogens with one attached hydrogen (secondary N) is 1. The molecule has 2 aromatic rings. The lowest BCUT2D eigenvalue weighted by atomic mass is 10.1. The van der Waals surface area contributed by atoms with Crippen molar-refractivity contribution in [2.45, 2.75) is 31.3 Å². The van der Waals surface area contributed by atoms with Gasteiger partial charge < -0.3 is 10.2 Å². The third-order valence-corrected chi connectivity index (χ3v) is 5.36. The van der Waals surface area contributed by atoms with E-state index in [2.05, 4.69) is 27.3 Å². The minimum Gasteiger partial charge on any atom is -0.380 e. The fourth-order valence-electron chi connectivity index (χ4n) is 4.02. The van der Waals surface area contributed by atoms with Gasteiger partial charge in [-0.15, -0.1) is 0 Å². The lowest BCUT2D eigenvalue weighted by molar-refractivity contribution is -0.132. The van der Waals surface area contributed by atoms with Crippen LogP contribution in [0.1, 0.15) is 19.3 Å². The number of fused-ring (bicyclic) bond motifs is 1. The van der Waals surface area contributed by atoms with Crippen LogP contribution in [0.2, 0.25) is 0 Å². The monoisotopic (exact) mass is 349 g/mol.